The largest absolute Gasteiger partial charge is 0.389 e. The Morgan fingerprint density at radius 2 is 1.84 bits per heavy atom. The number of para-hydroxylation sites is 1. The first-order valence-corrected chi connectivity index (χ1v) is 8.32. The van der Waals surface area contributed by atoms with Crippen LogP contribution in [0.3, 0.4) is 0 Å². The van der Waals surface area contributed by atoms with Crippen LogP contribution < -0.4 is 10.6 Å². The van der Waals surface area contributed by atoms with Crippen molar-refractivity contribution in [1.82, 2.24) is 5.32 Å². The van der Waals surface area contributed by atoms with Gasteiger partial charge in [0.1, 0.15) is 17.7 Å². The molecule has 0 bridgehead atoms. The lowest BCUT2D eigenvalue weighted by Gasteiger charge is -2.06. The first-order valence-electron chi connectivity index (χ1n) is 7.52. The highest BCUT2D eigenvalue weighted by Crippen LogP contribution is 2.14. The van der Waals surface area contributed by atoms with E-state index in [1.165, 1.54) is 6.20 Å². The van der Waals surface area contributed by atoms with Crippen molar-refractivity contribution in [1.29, 1.82) is 10.5 Å². The normalized spacial score (nSPS) is 10.4. The Labute approximate surface area is 154 Å². The zero-order chi connectivity index (χ0) is 18.1. The number of carbonyl (C=O) groups is 1. The fourth-order valence-corrected chi connectivity index (χ4v) is 2.33. The molecule has 5 nitrogen and oxygen atoms in total. The molecule has 0 radical (unpaired) electrons. The molecule has 25 heavy (non-hydrogen) atoms. The van der Waals surface area contributed by atoms with Crippen LogP contribution in [0.25, 0.3) is 0 Å². The van der Waals surface area contributed by atoms with Crippen molar-refractivity contribution in [2.24, 2.45) is 0 Å². The first-order chi connectivity index (χ1) is 12.1. The molecule has 0 aliphatic rings. The van der Waals surface area contributed by atoms with Crippen LogP contribution in [0, 0.1) is 22.7 Å². The van der Waals surface area contributed by atoms with E-state index in [9.17, 15) is 4.79 Å². The SMILES string of the molecule is N#C/C(=C/NCCc1ccc(Br)cc1)C(=O)Nc1ccccc1C#N. The third kappa shape index (κ3) is 5.49. The smallest absolute Gasteiger partial charge is 0.267 e. The molecule has 6 heteroatoms. The van der Waals surface area contributed by atoms with Gasteiger partial charge in [0.15, 0.2) is 0 Å². The van der Waals surface area contributed by atoms with Gasteiger partial charge in [0.25, 0.3) is 5.91 Å². The predicted molar refractivity (Wildman–Crippen MR) is 99.3 cm³/mol. The average molecular weight is 395 g/mol. The summed E-state index contributed by atoms with van der Waals surface area (Å²) in [6.45, 7) is 0.592. The maximum absolute atomic E-state index is 12.2. The fourth-order valence-electron chi connectivity index (χ4n) is 2.07. The number of hydrogen-bond donors (Lipinski definition) is 2. The minimum Gasteiger partial charge on any atom is -0.389 e. The summed E-state index contributed by atoms with van der Waals surface area (Å²) in [5.74, 6) is -0.554. The summed E-state index contributed by atoms with van der Waals surface area (Å²) >= 11 is 3.38. The molecule has 124 valence electrons. The molecule has 2 aromatic carbocycles. The third-order valence-corrected chi connectivity index (χ3v) is 3.91. The lowest BCUT2D eigenvalue weighted by molar-refractivity contribution is -0.112. The quantitative estimate of drug-likeness (QED) is 0.445. The number of nitrogens with zero attached hydrogens (tertiary/aromatic N) is 2. The van der Waals surface area contributed by atoms with Crippen LogP contribution in [0.15, 0.2) is 64.8 Å². The van der Waals surface area contributed by atoms with E-state index < -0.39 is 5.91 Å². The standard InChI is InChI=1S/C19H15BrN4O/c20-17-7-5-14(6-8-17)9-10-23-13-16(12-22)19(25)24-18-4-2-1-3-15(18)11-21/h1-8,13,23H,9-10H2,(H,24,25)/b16-13-. The number of benzene rings is 2. The molecule has 2 rings (SSSR count). The van der Waals surface area contributed by atoms with E-state index in [1.54, 1.807) is 24.3 Å². The van der Waals surface area contributed by atoms with Crippen LogP contribution in [0.2, 0.25) is 0 Å². The molecular weight excluding hydrogens is 380 g/mol. The van der Waals surface area contributed by atoms with Crippen LogP contribution in [0.4, 0.5) is 5.69 Å². The van der Waals surface area contributed by atoms with Gasteiger partial charge in [0.05, 0.1) is 11.3 Å². The summed E-state index contributed by atoms with van der Waals surface area (Å²) in [5, 5.41) is 23.7. The minimum atomic E-state index is -0.554. The van der Waals surface area contributed by atoms with E-state index in [0.717, 1.165) is 16.5 Å². The number of nitrogens with one attached hydrogen (secondary N) is 2. The van der Waals surface area contributed by atoms with E-state index in [-0.39, 0.29) is 5.57 Å². The van der Waals surface area contributed by atoms with Crippen molar-refractivity contribution >= 4 is 27.5 Å². The highest BCUT2D eigenvalue weighted by atomic mass is 79.9. The van der Waals surface area contributed by atoms with Gasteiger partial charge in [0, 0.05) is 17.2 Å². The Morgan fingerprint density at radius 3 is 2.52 bits per heavy atom. The molecule has 0 atom stereocenters. The van der Waals surface area contributed by atoms with Crippen molar-refractivity contribution < 1.29 is 4.79 Å². The van der Waals surface area contributed by atoms with E-state index >= 15 is 0 Å². The third-order valence-electron chi connectivity index (χ3n) is 3.38. The van der Waals surface area contributed by atoms with E-state index in [1.807, 2.05) is 36.4 Å². The van der Waals surface area contributed by atoms with Gasteiger partial charge in [-0.3, -0.25) is 4.79 Å². The topological polar surface area (TPSA) is 88.7 Å². The zero-order valence-corrected chi connectivity index (χ0v) is 14.9. The van der Waals surface area contributed by atoms with E-state index in [2.05, 4.69) is 26.6 Å². The summed E-state index contributed by atoms with van der Waals surface area (Å²) in [6, 6.07) is 18.4. The summed E-state index contributed by atoms with van der Waals surface area (Å²) in [6.07, 6.45) is 2.16. The van der Waals surface area contributed by atoms with Crippen molar-refractivity contribution in [3.05, 3.63) is 75.9 Å². The van der Waals surface area contributed by atoms with Crippen molar-refractivity contribution in [2.75, 3.05) is 11.9 Å². The molecule has 1 amide bonds. The van der Waals surface area contributed by atoms with Crippen LogP contribution in [-0.2, 0) is 11.2 Å². The highest BCUT2D eigenvalue weighted by Gasteiger charge is 2.11. The monoisotopic (exact) mass is 394 g/mol. The number of rotatable bonds is 6. The van der Waals surface area contributed by atoms with Gasteiger partial charge in [-0.15, -0.1) is 0 Å². The number of carbonyl (C=O) groups excluding carboxylic acids is 1. The van der Waals surface area contributed by atoms with Gasteiger partial charge >= 0.3 is 0 Å². The Morgan fingerprint density at radius 1 is 1.12 bits per heavy atom. The number of anilines is 1. The molecule has 2 N–H and O–H groups in total. The average Bonchev–Trinajstić information content (AvgIpc) is 2.63. The van der Waals surface area contributed by atoms with Gasteiger partial charge in [-0.2, -0.15) is 10.5 Å². The first kappa shape index (κ1) is 18.3. The van der Waals surface area contributed by atoms with Crippen molar-refractivity contribution in [2.45, 2.75) is 6.42 Å². The van der Waals surface area contributed by atoms with Crippen LogP contribution in [0.5, 0.6) is 0 Å². The Bertz CT molecular complexity index is 860. The van der Waals surface area contributed by atoms with E-state index in [4.69, 9.17) is 10.5 Å². The van der Waals surface area contributed by atoms with Gasteiger partial charge in [-0.05, 0) is 36.2 Å². The molecule has 0 saturated carbocycles. The maximum Gasteiger partial charge on any atom is 0.267 e. The fraction of sp³-hybridized carbons (Fsp3) is 0.105. The molecule has 0 fully saturated rings. The highest BCUT2D eigenvalue weighted by molar-refractivity contribution is 9.10. The lowest BCUT2D eigenvalue weighted by atomic mass is 10.1. The van der Waals surface area contributed by atoms with E-state index in [0.29, 0.717) is 17.8 Å². The molecule has 0 saturated heterocycles. The van der Waals surface area contributed by atoms with Gasteiger partial charge < -0.3 is 10.6 Å². The summed E-state index contributed by atoms with van der Waals surface area (Å²) in [5.41, 5.74) is 1.82. The Balaban J connectivity index is 1.93. The Kier molecular flexibility index (Phi) is 6.76. The van der Waals surface area contributed by atoms with Gasteiger partial charge in [-0.1, -0.05) is 40.2 Å². The van der Waals surface area contributed by atoms with Gasteiger partial charge in [-0.25, -0.2) is 0 Å². The second-order valence-corrected chi connectivity index (χ2v) is 6.03. The van der Waals surface area contributed by atoms with Crippen LogP contribution in [-0.4, -0.2) is 12.5 Å². The molecule has 0 aliphatic carbocycles. The summed E-state index contributed by atoms with van der Waals surface area (Å²) in [7, 11) is 0. The van der Waals surface area contributed by atoms with Crippen molar-refractivity contribution in [3.63, 3.8) is 0 Å². The zero-order valence-electron chi connectivity index (χ0n) is 13.3. The summed E-state index contributed by atoms with van der Waals surface area (Å²) in [4.78, 5) is 12.2. The maximum atomic E-state index is 12.2. The number of nitriles is 2. The summed E-state index contributed by atoms with van der Waals surface area (Å²) < 4.78 is 1.02. The number of amides is 1. The van der Waals surface area contributed by atoms with Crippen LogP contribution >= 0.6 is 15.9 Å². The lowest BCUT2D eigenvalue weighted by Crippen LogP contribution is -2.18. The molecule has 0 spiro atoms. The second kappa shape index (κ2) is 9.27. The molecular formula is C19H15BrN4O. The Hall–Kier alpha value is -3.09. The van der Waals surface area contributed by atoms with Crippen LogP contribution in [0.1, 0.15) is 11.1 Å². The minimum absolute atomic E-state index is 0.0523. The molecule has 0 unspecified atom stereocenters. The number of halogens is 1. The van der Waals surface area contributed by atoms with Gasteiger partial charge in [0.2, 0.25) is 0 Å². The number of hydrogen-bond acceptors (Lipinski definition) is 4. The second-order valence-electron chi connectivity index (χ2n) is 5.11. The molecule has 0 heterocycles. The van der Waals surface area contributed by atoms with Crippen molar-refractivity contribution in [3.8, 4) is 12.1 Å². The predicted octanol–water partition coefficient (Wildman–Crippen LogP) is 3.50. The molecule has 0 aromatic heterocycles. The molecule has 2 aromatic rings. The molecule has 0 aliphatic heterocycles.